The van der Waals surface area contributed by atoms with Gasteiger partial charge in [-0.1, -0.05) is 29.8 Å². The summed E-state index contributed by atoms with van der Waals surface area (Å²) in [6, 6.07) is 12.0. The van der Waals surface area contributed by atoms with E-state index in [9.17, 15) is 0 Å². The van der Waals surface area contributed by atoms with Gasteiger partial charge in [0.1, 0.15) is 0 Å². The number of hydrogen-bond donors (Lipinski definition) is 1. The van der Waals surface area contributed by atoms with Gasteiger partial charge in [-0.3, -0.25) is 0 Å². The highest BCUT2D eigenvalue weighted by atomic mass is 35.5. The van der Waals surface area contributed by atoms with Crippen molar-refractivity contribution in [1.82, 2.24) is 0 Å². The highest BCUT2D eigenvalue weighted by molar-refractivity contribution is 8.01. The first-order chi connectivity index (χ1) is 7.86. The van der Waals surface area contributed by atoms with Crippen LogP contribution in [0.25, 0.3) is 0 Å². The predicted molar refractivity (Wildman–Crippen MR) is 75.0 cm³/mol. The van der Waals surface area contributed by atoms with Crippen molar-refractivity contribution in [3.05, 3.63) is 46.8 Å². The van der Waals surface area contributed by atoms with Gasteiger partial charge in [0.2, 0.25) is 0 Å². The minimum atomic E-state index is 0.781. The smallest absolute Gasteiger partial charge is 0.0637 e. The average Bonchev–Trinajstić information content (AvgIpc) is 2.79. The Balaban J connectivity index is 1.74. The average molecular weight is 270 g/mol. The van der Waals surface area contributed by atoms with Crippen LogP contribution in [0.1, 0.15) is 0 Å². The molecule has 0 aliphatic rings. The Hall–Kier alpha value is -0.640. The molecule has 2 aromatic rings. The first kappa shape index (κ1) is 11.8. The summed E-state index contributed by atoms with van der Waals surface area (Å²) in [5, 5.41) is 6.21. The third-order valence-corrected chi connectivity index (χ3v) is 4.49. The second-order valence-corrected chi connectivity index (χ2v) is 5.94. The van der Waals surface area contributed by atoms with E-state index < -0.39 is 0 Å². The minimum absolute atomic E-state index is 0.781. The SMILES string of the molecule is Clc1ccccc1NCCSc1cccs1. The van der Waals surface area contributed by atoms with E-state index in [1.165, 1.54) is 4.21 Å². The lowest BCUT2D eigenvalue weighted by Gasteiger charge is -2.06. The Morgan fingerprint density at radius 3 is 2.81 bits per heavy atom. The number of thiophene rings is 1. The summed E-state index contributed by atoms with van der Waals surface area (Å²) in [4.78, 5) is 0. The van der Waals surface area contributed by atoms with Crippen molar-refractivity contribution in [2.75, 3.05) is 17.6 Å². The van der Waals surface area contributed by atoms with Crippen LogP contribution in [0, 0.1) is 0 Å². The van der Waals surface area contributed by atoms with E-state index in [2.05, 4.69) is 22.8 Å². The summed E-state index contributed by atoms with van der Waals surface area (Å²) in [6.07, 6.45) is 0. The Kier molecular flexibility index (Phi) is 4.57. The lowest BCUT2D eigenvalue weighted by molar-refractivity contribution is 1.23. The molecule has 0 amide bonds. The number of anilines is 1. The Morgan fingerprint density at radius 1 is 1.19 bits per heavy atom. The van der Waals surface area contributed by atoms with Gasteiger partial charge in [0.05, 0.1) is 14.9 Å². The fourth-order valence-corrected chi connectivity index (χ4v) is 3.21. The van der Waals surface area contributed by atoms with E-state index in [4.69, 9.17) is 11.6 Å². The van der Waals surface area contributed by atoms with E-state index in [1.54, 1.807) is 11.3 Å². The Bertz CT molecular complexity index is 428. The number of benzene rings is 1. The molecule has 84 valence electrons. The van der Waals surface area contributed by atoms with Gasteiger partial charge in [-0.15, -0.1) is 23.1 Å². The van der Waals surface area contributed by atoms with Gasteiger partial charge in [-0.05, 0) is 23.6 Å². The van der Waals surface area contributed by atoms with Crippen LogP contribution in [0.2, 0.25) is 5.02 Å². The Morgan fingerprint density at radius 2 is 2.06 bits per heavy atom. The fourth-order valence-electron chi connectivity index (χ4n) is 1.29. The third-order valence-electron chi connectivity index (χ3n) is 2.03. The highest BCUT2D eigenvalue weighted by Gasteiger charge is 1.98. The van der Waals surface area contributed by atoms with Gasteiger partial charge >= 0.3 is 0 Å². The molecule has 0 saturated carbocycles. The van der Waals surface area contributed by atoms with Gasteiger partial charge in [0.25, 0.3) is 0 Å². The maximum Gasteiger partial charge on any atom is 0.0637 e. The molecule has 16 heavy (non-hydrogen) atoms. The van der Waals surface area contributed by atoms with Crippen molar-refractivity contribution in [2.45, 2.75) is 4.21 Å². The summed E-state index contributed by atoms with van der Waals surface area (Å²) in [5.74, 6) is 1.05. The molecule has 1 N–H and O–H groups in total. The zero-order valence-corrected chi connectivity index (χ0v) is 11.0. The maximum atomic E-state index is 6.04. The van der Waals surface area contributed by atoms with Crippen LogP contribution in [0.4, 0.5) is 5.69 Å². The van der Waals surface area contributed by atoms with Crippen LogP contribution in [-0.4, -0.2) is 12.3 Å². The van der Waals surface area contributed by atoms with Crippen LogP contribution < -0.4 is 5.32 Å². The third kappa shape index (κ3) is 3.44. The second kappa shape index (κ2) is 6.18. The lowest BCUT2D eigenvalue weighted by atomic mass is 10.3. The van der Waals surface area contributed by atoms with Crippen LogP contribution in [0.15, 0.2) is 46.0 Å². The summed E-state index contributed by atoms with van der Waals surface area (Å²) in [5.41, 5.74) is 1.01. The molecule has 0 saturated heterocycles. The maximum absolute atomic E-state index is 6.04. The fraction of sp³-hybridized carbons (Fsp3) is 0.167. The molecule has 0 unspecified atom stereocenters. The highest BCUT2D eigenvalue weighted by Crippen LogP contribution is 2.24. The number of rotatable bonds is 5. The number of hydrogen-bond acceptors (Lipinski definition) is 3. The van der Waals surface area contributed by atoms with Gasteiger partial charge in [0, 0.05) is 12.3 Å². The predicted octanol–water partition coefficient (Wildman–Crippen LogP) is 4.61. The zero-order chi connectivity index (χ0) is 11.2. The van der Waals surface area contributed by atoms with E-state index in [0.29, 0.717) is 0 Å². The molecule has 0 radical (unpaired) electrons. The van der Waals surface area contributed by atoms with Gasteiger partial charge in [-0.2, -0.15) is 0 Å². The molecule has 2 rings (SSSR count). The summed E-state index contributed by atoms with van der Waals surface area (Å²) >= 11 is 9.68. The van der Waals surface area contributed by atoms with Crippen molar-refractivity contribution in [3.63, 3.8) is 0 Å². The van der Waals surface area contributed by atoms with Crippen LogP contribution in [-0.2, 0) is 0 Å². The molecule has 1 aromatic carbocycles. The minimum Gasteiger partial charge on any atom is -0.383 e. The second-order valence-electron chi connectivity index (χ2n) is 3.19. The normalized spacial score (nSPS) is 10.3. The van der Waals surface area contributed by atoms with E-state index in [1.807, 2.05) is 36.0 Å². The van der Waals surface area contributed by atoms with Crippen molar-refractivity contribution in [3.8, 4) is 0 Å². The first-order valence-corrected chi connectivity index (χ1v) is 7.25. The van der Waals surface area contributed by atoms with Crippen molar-refractivity contribution < 1.29 is 0 Å². The molecule has 4 heteroatoms. The van der Waals surface area contributed by atoms with Crippen LogP contribution in [0.5, 0.6) is 0 Å². The van der Waals surface area contributed by atoms with Crippen LogP contribution >= 0.6 is 34.7 Å². The van der Waals surface area contributed by atoms with E-state index in [-0.39, 0.29) is 0 Å². The first-order valence-electron chi connectivity index (χ1n) is 5.01. The number of para-hydroxylation sites is 1. The van der Waals surface area contributed by atoms with E-state index >= 15 is 0 Å². The molecule has 1 aromatic heterocycles. The molecule has 1 heterocycles. The van der Waals surface area contributed by atoms with Crippen LogP contribution in [0.3, 0.4) is 0 Å². The Labute approximate surface area is 109 Å². The number of thioether (sulfide) groups is 1. The molecular formula is C12H12ClNS2. The largest absolute Gasteiger partial charge is 0.383 e. The van der Waals surface area contributed by atoms with Gasteiger partial charge in [-0.25, -0.2) is 0 Å². The standard InChI is InChI=1S/C12H12ClNS2/c13-10-4-1-2-5-11(10)14-7-9-16-12-6-3-8-15-12/h1-6,8,14H,7,9H2. The number of nitrogens with one attached hydrogen (secondary N) is 1. The molecule has 0 aliphatic carbocycles. The number of halogens is 1. The van der Waals surface area contributed by atoms with Crippen molar-refractivity contribution in [1.29, 1.82) is 0 Å². The van der Waals surface area contributed by atoms with E-state index in [0.717, 1.165) is 23.0 Å². The molecule has 0 bridgehead atoms. The summed E-state index contributed by atoms with van der Waals surface area (Å²) in [6.45, 7) is 0.923. The quantitative estimate of drug-likeness (QED) is 0.629. The molecule has 0 fully saturated rings. The molecule has 0 atom stereocenters. The molecular weight excluding hydrogens is 258 g/mol. The topological polar surface area (TPSA) is 12.0 Å². The molecule has 1 nitrogen and oxygen atoms in total. The van der Waals surface area contributed by atoms with Crippen molar-refractivity contribution in [2.24, 2.45) is 0 Å². The molecule has 0 aliphatic heterocycles. The summed E-state index contributed by atoms with van der Waals surface area (Å²) < 4.78 is 1.36. The summed E-state index contributed by atoms with van der Waals surface area (Å²) in [7, 11) is 0. The van der Waals surface area contributed by atoms with Crippen molar-refractivity contribution >= 4 is 40.4 Å². The van der Waals surface area contributed by atoms with Gasteiger partial charge in [0.15, 0.2) is 0 Å². The lowest BCUT2D eigenvalue weighted by Crippen LogP contribution is -2.03. The monoisotopic (exact) mass is 269 g/mol. The van der Waals surface area contributed by atoms with Gasteiger partial charge < -0.3 is 5.32 Å². The zero-order valence-electron chi connectivity index (χ0n) is 8.65. The molecule has 0 spiro atoms.